The molecular weight excluding hydrogens is 402 g/mol. The van der Waals surface area contributed by atoms with E-state index in [1.54, 1.807) is 11.3 Å². The first-order valence-corrected chi connectivity index (χ1v) is 10.8. The van der Waals surface area contributed by atoms with E-state index >= 15 is 0 Å². The van der Waals surface area contributed by atoms with Gasteiger partial charge in [0.1, 0.15) is 0 Å². The van der Waals surface area contributed by atoms with Gasteiger partial charge >= 0.3 is 0 Å². The number of hydrogen-bond donors (Lipinski definition) is 2. The van der Waals surface area contributed by atoms with Gasteiger partial charge in [-0.2, -0.15) is 4.98 Å². The summed E-state index contributed by atoms with van der Waals surface area (Å²) in [6.07, 6.45) is 2.01. The first-order valence-electron chi connectivity index (χ1n) is 9.96. The van der Waals surface area contributed by atoms with Crippen LogP contribution in [-0.2, 0) is 0 Å². The Morgan fingerprint density at radius 3 is 2.38 bits per heavy atom. The molecule has 1 aliphatic heterocycles. The lowest BCUT2D eigenvalue weighted by atomic mass is 10.1. The number of benzene rings is 1. The first-order chi connectivity index (χ1) is 13.3. The fourth-order valence-corrected chi connectivity index (χ4v) is 4.61. The average Bonchev–Trinajstić information content (AvgIpc) is 3.05. The molecule has 0 spiro atoms. The van der Waals surface area contributed by atoms with Crippen molar-refractivity contribution in [2.24, 2.45) is 5.73 Å². The smallest absolute Gasteiger partial charge is 0.225 e. The maximum Gasteiger partial charge on any atom is 0.225 e. The van der Waals surface area contributed by atoms with Crippen LogP contribution in [0, 0.1) is 6.92 Å². The lowest BCUT2D eigenvalue weighted by molar-refractivity contribution is 0.499. The van der Waals surface area contributed by atoms with E-state index in [1.165, 1.54) is 16.0 Å². The highest BCUT2D eigenvalue weighted by Crippen LogP contribution is 2.39. The van der Waals surface area contributed by atoms with Gasteiger partial charge in [-0.3, -0.25) is 0 Å². The molecule has 156 valence electrons. The Labute approximate surface area is 183 Å². The Balaban J connectivity index is 0.00000240. The number of fused-ring (bicyclic) bond motifs is 1. The molecule has 0 bridgehead atoms. The number of halogens is 1. The summed E-state index contributed by atoms with van der Waals surface area (Å²) < 4.78 is 1.16. The minimum atomic E-state index is -0.0923. The van der Waals surface area contributed by atoms with Crippen molar-refractivity contribution < 1.29 is 0 Å². The summed E-state index contributed by atoms with van der Waals surface area (Å²) in [6, 6.07) is 11.2. The fourth-order valence-electron chi connectivity index (χ4n) is 3.49. The van der Waals surface area contributed by atoms with Crippen LogP contribution in [0.1, 0.15) is 39.2 Å². The SMILES string of the molecule is Cc1ccc(-c2cc3nc(NC(C)(C)C)nc(N4CCC(N)CC4)c3s2)cc1.Cl. The summed E-state index contributed by atoms with van der Waals surface area (Å²) in [7, 11) is 0. The van der Waals surface area contributed by atoms with Crippen LogP contribution in [0.25, 0.3) is 20.7 Å². The van der Waals surface area contributed by atoms with Crippen LogP contribution < -0.4 is 16.0 Å². The molecule has 1 fully saturated rings. The zero-order valence-corrected chi connectivity index (χ0v) is 19.2. The third-order valence-corrected chi connectivity index (χ3v) is 6.19. The van der Waals surface area contributed by atoms with Crippen LogP contribution in [0.15, 0.2) is 30.3 Å². The predicted molar refractivity (Wildman–Crippen MR) is 128 cm³/mol. The third-order valence-electron chi connectivity index (χ3n) is 5.02. The van der Waals surface area contributed by atoms with E-state index in [0.717, 1.165) is 42.0 Å². The Morgan fingerprint density at radius 1 is 1.10 bits per heavy atom. The molecular formula is C22H30ClN5S. The number of nitrogens with one attached hydrogen (secondary N) is 1. The predicted octanol–water partition coefficient (Wildman–Crippen LogP) is 5.23. The summed E-state index contributed by atoms with van der Waals surface area (Å²) in [4.78, 5) is 13.4. The van der Waals surface area contributed by atoms with Gasteiger partial charge in [0.25, 0.3) is 0 Å². The van der Waals surface area contributed by atoms with Gasteiger partial charge in [-0.1, -0.05) is 29.8 Å². The van der Waals surface area contributed by atoms with Gasteiger partial charge in [-0.25, -0.2) is 4.98 Å². The molecule has 1 aliphatic rings. The highest BCUT2D eigenvalue weighted by Gasteiger charge is 2.23. The van der Waals surface area contributed by atoms with Crippen LogP contribution in [0.5, 0.6) is 0 Å². The lowest BCUT2D eigenvalue weighted by Crippen LogP contribution is -2.40. The molecule has 3 heterocycles. The highest BCUT2D eigenvalue weighted by atomic mass is 35.5. The third kappa shape index (κ3) is 5.00. The molecule has 3 aromatic rings. The summed E-state index contributed by atoms with van der Waals surface area (Å²) in [5.74, 6) is 1.73. The van der Waals surface area contributed by atoms with Crippen LogP contribution in [0.2, 0.25) is 0 Å². The molecule has 3 N–H and O–H groups in total. The van der Waals surface area contributed by atoms with Crippen LogP contribution in [0.4, 0.5) is 11.8 Å². The molecule has 7 heteroatoms. The molecule has 0 saturated carbocycles. The number of anilines is 2. The molecule has 0 amide bonds. The van der Waals surface area contributed by atoms with Gasteiger partial charge in [-0.05, 0) is 52.2 Å². The zero-order valence-electron chi connectivity index (χ0n) is 17.5. The first kappa shape index (κ1) is 21.8. The van der Waals surface area contributed by atoms with E-state index in [2.05, 4.69) is 68.2 Å². The summed E-state index contributed by atoms with van der Waals surface area (Å²) in [5, 5.41) is 3.45. The number of aromatic nitrogens is 2. The summed E-state index contributed by atoms with van der Waals surface area (Å²) >= 11 is 1.78. The van der Waals surface area contributed by atoms with Gasteiger partial charge < -0.3 is 16.0 Å². The van der Waals surface area contributed by atoms with Crippen molar-refractivity contribution in [3.8, 4) is 10.4 Å². The topological polar surface area (TPSA) is 67.1 Å². The number of hydrogen-bond acceptors (Lipinski definition) is 6. The number of rotatable bonds is 3. The molecule has 1 aromatic carbocycles. The molecule has 0 radical (unpaired) electrons. The molecule has 0 aliphatic carbocycles. The van der Waals surface area contributed by atoms with E-state index in [4.69, 9.17) is 15.7 Å². The van der Waals surface area contributed by atoms with Crippen molar-refractivity contribution in [2.75, 3.05) is 23.3 Å². The zero-order chi connectivity index (χ0) is 19.9. The molecule has 2 aromatic heterocycles. The average molecular weight is 432 g/mol. The van der Waals surface area contributed by atoms with Gasteiger partial charge in [0.15, 0.2) is 5.82 Å². The minimum Gasteiger partial charge on any atom is -0.355 e. The Kier molecular flexibility index (Phi) is 6.36. The minimum absolute atomic E-state index is 0. The van der Waals surface area contributed by atoms with E-state index in [0.29, 0.717) is 12.0 Å². The van der Waals surface area contributed by atoms with E-state index in [9.17, 15) is 0 Å². The molecule has 5 nitrogen and oxygen atoms in total. The van der Waals surface area contributed by atoms with Crippen molar-refractivity contribution in [3.05, 3.63) is 35.9 Å². The molecule has 4 rings (SSSR count). The lowest BCUT2D eigenvalue weighted by Gasteiger charge is -2.31. The molecule has 29 heavy (non-hydrogen) atoms. The highest BCUT2D eigenvalue weighted by molar-refractivity contribution is 7.22. The molecule has 0 atom stereocenters. The number of nitrogens with two attached hydrogens (primary N) is 1. The largest absolute Gasteiger partial charge is 0.355 e. The molecule has 0 unspecified atom stereocenters. The number of nitrogens with zero attached hydrogens (tertiary/aromatic N) is 3. The van der Waals surface area contributed by atoms with Crippen molar-refractivity contribution in [1.82, 2.24) is 9.97 Å². The van der Waals surface area contributed by atoms with E-state index in [1.807, 2.05) is 0 Å². The fraction of sp³-hybridized carbons (Fsp3) is 0.455. The number of thiophene rings is 1. The van der Waals surface area contributed by atoms with Gasteiger partial charge in [0.2, 0.25) is 5.95 Å². The van der Waals surface area contributed by atoms with Crippen LogP contribution >= 0.6 is 23.7 Å². The Morgan fingerprint density at radius 2 is 1.76 bits per heavy atom. The molecule has 1 saturated heterocycles. The summed E-state index contributed by atoms with van der Waals surface area (Å²) in [5.41, 5.74) is 9.54. The maximum absolute atomic E-state index is 6.12. The summed E-state index contributed by atoms with van der Waals surface area (Å²) in [6.45, 7) is 10.4. The second-order valence-corrected chi connectivity index (χ2v) is 9.81. The van der Waals surface area contributed by atoms with Gasteiger partial charge in [0.05, 0.1) is 10.2 Å². The second-order valence-electron chi connectivity index (χ2n) is 8.76. The quantitative estimate of drug-likeness (QED) is 0.594. The van der Waals surface area contributed by atoms with Crippen molar-refractivity contribution in [2.45, 2.75) is 52.1 Å². The van der Waals surface area contributed by atoms with Crippen LogP contribution in [0.3, 0.4) is 0 Å². The Bertz CT molecular complexity index is 969. The number of piperidine rings is 1. The van der Waals surface area contributed by atoms with Crippen molar-refractivity contribution in [3.63, 3.8) is 0 Å². The van der Waals surface area contributed by atoms with Crippen molar-refractivity contribution in [1.29, 1.82) is 0 Å². The standard InChI is InChI=1S/C22H29N5S.ClH/c1-14-5-7-15(8-6-14)18-13-17-19(28-18)20(27-11-9-16(23)10-12-27)25-21(24-17)26-22(2,3)4;/h5-8,13,16H,9-12,23H2,1-4H3,(H,24,25,26);1H. The van der Waals surface area contributed by atoms with E-state index in [-0.39, 0.29) is 17.9 Å². The normalized spacial score (nSPS) is 15.4. The Hall–Kier alpha value is -1.89. The van der Waals surface area contributed by atoms with Crippen molar-refractivity contribution >= 4 is 45.7 Å². The van der Waals surface area contributed by atoms with Gasteiger partial charge in [0, 0.05) is 29.5 Å². The second kappa shape index (κ2) is 8.46. The van der Waals surface area contributed by atoms with Gasteiger partial charge in [-0.15, -0.1) is 23.7 Å². The number of aryl methyl sites for hydroxylation is 1. The van der Waals surface area contributed by atoms with Crippen LogP contribution in [-0.4, -0.2) is 34.6 Å². The van der Waals surface area contributed by atoms with E-state index < -0.39 is 0 Å². The maximum atomic E-state index is 6.12. The monoisotopic (exact) mass is 431 g/mol.